The lowest BCUT2D eigenvalue weighted by atomic mass is 9.95. The first-order valence-corrected chi connectivity index (χ1v) is 8.00. The van der Waals surface area contributed by atoms with Crippen LogP contribution in [0.15, 0.2) is 12.3 Å². The molecule has 0 bridgehead atoms. The molecule has 1 aromatic heterocycles. The van der Waals surface area contributed by atoms with Crippen LogP contribution in [0.1, 0.15) is 39.4 Å². The van der Waals surface area contributed by atoms with E-state index in [0.29, 0.717) is 19.0 Å². The Morgan fingerprint density at radius 3 is 2.43 bits per heavy atom. The molecule has 1 saturated heterocycles. The largest absolute Gasteiger partial charge is 0.401 e. The molecule has 1 aromatic rings. The molecule has 0 aromatic carbocycles. The zero-order chi connectivity index (χ0) is 17.1. The molecule has 1 fully saturated rings. The number of nitrogens with one attached hydrogen (secondary N) is 1. The molecule has 2 heterocycles. The van der Waals surface area contributed by atoms with Gasteiger partial charge in [0.1, 0.15) is 11.6 Å². The molecule has 0 aliphatic carbocycles. The quantitative estimate of drug-likeness (QED) is 0.918. The van der Waals surface area contributed by atoms with Gasteiger partial charge in [0, 0.05) is 18.2 Å². The van der Waals surface area contributed by atoms with Crippen molar-refractivity contribution in [2.24, 2.45) is 5.92 Å². The topological polar surface area (TPSA) is 41.1 Å². The van der Waals surface area contributed by atoms with Crippen molar-refractivity contribution in [3.63, 3.8) is 0 Å². The first-order valence-electron chi connectivity index (χ1n) is 8.00. The number of hydrogen-bond acceptors (Lipinski definition) is 4. The summed E-state index contributed by atoms with van der Waals surface area (Å²) in [5.41, 5.74) is -0.110. The predicted octanol–water partition coefficient (Wildman–Crippen LogP) is 3.46. The van der Waals surface area contributed by atoms with Crippen molar-refractivity contribution in [2.75, 3.05) is 31.5 Å². The summed E-state index contributed by atoms with van der Waals surface area (Å²) in [6, 6.07) is 1.83. The van der Waals surface area contributed by atoms with Gasteiger partial charge >= 0.3 is 6.18 Å². The van der Waals surface area contributed by atoms with Crippen LogP contribution in [0.2, 0.25) is 0 Å². The van der Waals surface area contributed by atoms with Crippen LogP contribution in [-0.4, -0.2) is 47.2 Å². The van der Waals surface area contributed by atoms with Crippen molar-refractivity contribution in [2.45, 2.75) is 45.2 Å². The molecule has 0 unspecified atom stereocenters. The van der Waals surface area contributed by atoms with E-state index in [2.05, 4.69) is 36.1 Å². The molecule has 4 nitrogen and oxygen atoms in total. The monoisotopic (exact) mass is 330 g/mol. The van der Waals surface area contributed by atoms with E-state index >= 15 is 0 Å². The van der Waals surface area contributed by atoms with Crippen molar-refractivity contribution in [3.05, 3.63) is 18.1 Å². The SMILES string of the molecule is CC(C)(C)c1nccc(NCC2CCN(CC(F)(F)F)CC2)n1. The molecule has 0 spiro atoms. The molecular weight excluding hydrogens is 305 g/mol. The molecule has 23 heavy (non-hydrogen) atoms. The zero-order valence-electron chi connectivity index (χ0n) is 14.0. The standard InChI is InChI=1S/C16H25F3N4/c1-15(2,3)14-20-7-4-13(22-14)21-10-12-5-8-23(9-6-12)11-16(17,18)19/h4,7,12H,5-6,8-11H2,1-3H3,(H,20,21,22). The fourth-order valence-corrected chi connectivity index (χ4v) is 2.67. The van der Waals surface area contributed by atoms with E-state index in [4.69, 9.17) is 0 Å². The van der Waals surface area contributed by atoms with Crippen LogP contribution >= 0.6 is 0 Å². The summed E-state index contributed by atoms with van der Waals surface area (Å²) in [5.74, 6) is 1.94. The van der Waals surface area contributed by atoms with E-state index < -0.39 is 12.7 Å². The minimum Gasteiger partial charge on any atom is -0.370 e. The Labute approximate surface area is 135 Å². The Bertz CT molecular complexity index is 503. The fraction of sp³-hybridized carbons (Fsp3) is 0.750. The van der Waals surface area contributed by atoms with Gasteiger partial charge in [0.05, 0.1) is 6.54 Å². The maximum atomic E-state index is 12.4. The number of aromatic nitrogens is 2. The second-order valence-electron chi connectivity index (χ2n) is 7.23. The molecule has 0 atom stereocenters. The summed E-state index contributed by atoms with van der Waals surface area (Å²) in [6.07, 6.45) is -0.808. The van der Waals surface area contributed by atoms with Gasteiger partial charge in [0.15, 0.2) is 0 Å². The van der Waals surface area contributed by atoms with Crippen LogP contribution in [0.4, 0.5) is 19.0 Å². The summed E-state index contributed by atoms with van der Waals surface area (Å²) in [6.45, 7) is 7.12. The highest BCUT2D eigenvalue weighted by molar-refractivity contribution is 5.33. The van der Waals surface area contributed by atoms with Crippen LogP contribution in [0, 0.1) is 5.92 Å². The number of anilines is 1. The van der Waals surface area contributed by atoms with Crippen molar-refractivity contribution < 1.29 is 13.2 Å². The molecule has 0 amide bonds. The molecule has 2 rings (SSSR count). The molecule has 1 aliphatic rings. The number of hydrogen-bond donors (Lipinski definition) is 1. The average Bonchev–Trinajstić information content (AvgIpc) is 2.44. The molecular formula is C16H25F3N4. The zero-order valence-corrected chi connectivity index (χ0v) is 14.0. The number of alkyl halides is 3. The molecule has 130 valence electrons. The summed E-state index contributed by atoms with van der Waals surface area (Å²) in [4.78, 5) is 10.3. The van der Waals surface area contributed by atoms with Crippen LogP contribution in [0.5, 0.6) is 0 Å². The summed E-state index contributed by atoms with van der Waals surface area (Å²) >= 11 is 0. The number of likely N-dealkylation sites (tertiary alicyclic amines) is 1. The van der Waals surface area contributed by atoms with Crippen LogP contribution in [0.3, 0.4) is 0 Å². The minimum atomic E-state index is -4.10. The minimum absolute atomic E-state index is 0.110. The predicted molar refractivity (Wildman–Crippen MR) is 84.4 cm³/mol. The lowest BCUT2D eigenvalue weighted by Crippen LogP contribution is -2.41. The van der Waals surface area contributed by atoms with E-state index in [1.54, 1.807) is 6.20 Å². The Morgan fingerprint density at radius 1 is 1.22 bits per heavy atom. The normalized spacial score (nSPS) is 18.2. The Kier molecular flexibility index (Phi) is 5.49. The molecule has 0 radical (unpaired) electrons. The van der Waals surface area contributed by atoms with Crippen molar-refractivity contribution in [1.82, 2.24) is 14.9 Å². The third kappa shape index (κ3) is 5.97. The first kappa shape index (κ1) is 18.0. The van der Waals surface area contributed by atoms with Gasteiger partial charge < -0.3 is 5.32 Å². The summed E-state index contributed by atoms with van der Waals surface area (Å²) in [5, 5.41) is 3.30. The van der Waals surface area contributed by atoms with Crippen LogP contribution < -0.4 is 5.32 Å². The third-order valence-electron chi connectivity index (χ3n) is 4.01. The van der Waals surface area contributed by atoms with Crippen LogP contribution in [-0.2, 0) is 5.41 Å². The van der Waals surface area contributed by atoms with Crippen molar-refractivity contribution >= 4 is 5.82 Å². The van der Waals surface area contributed by atoms with Gasteiger partial charge in [-0.05, 0) is 37.9 Å². The van der Waals surface area contributed by atoms with E-state index in [1.165, 1.54) is 4.90 Å². The van der Waals surface area contributed by atoms with Crippen molar-refractivity contribution in [1.29, 1.82) is 0 Å². The van der Waals surface area contributed by atoms with E-state index in [0.717, 1.165) is 31.0 Å². The van der Waals surface area contributed by atoms with Gasteiger partial charge in [0.25, 0.3) is 0 Å². The summed E-state index contributed by atoms with van der Waals surface area (Å²) in [7, 11) is 0. The molecule has 1 N–H and O–H groups in total. The van der Waals surface area contributed by atoms with Gasteiger partial charge in [-0.15, -0.1) is 0 Å². The number of piperidine rings is 1. The lowest BCUT2D eigenvalue weighted by Gasteiger charge is -2.32. The Balaban J connectivity index is 1.80. The maximum Gasteiger partial charge on any atom is 0.401 e. The van der Waals surface area contributed by atoms with E-state index in [-0.39, 0.29) is 5.41 Å². The van der Waals surface area contributed by atoms with Gasteiger partial charge in [-0.25, -0.2) is 9.97 Å². The first-order chi connectivity index (χ1) is 10.6. The van der Waals surface area contributed by atoms with Gasteiger partial charge in [-0.1, -0.05) is 20.8 Å². The van der Waals surface area contributed by atoms with Crippen molar-refractivity contribution in [3.8, 4) is 0 Å². The number of halogens is 3. The van der Waals surface area contributed by atoms with Gasteiger partial charge in [-0.3, -0.25) is 4.90 Å². The van der Waals surface area contributed by atoms with Gasteiger partial charge in [-0.2, -0.15) is 13.2 Å². The highest BCUT2D eigenvalue weighted by Crippen LogP contribution is 2.23. The summed E-state index contributed by atoms with van der Waals surface area (Å²) < 4.78 is 37.1. The highest BCUT2D eigenvalue weighted by Gasteiger charge is 2.32. The molecule has 0 saturated carbocycles. The molecule has 1 aliphatic heterocycles. The maximum absolute atomic E-state index is 12.4. The van der Waals surface area contributed by atoms with Gasteiger partial charge in [0.2, 0.25) is 0 Å². The Hall–Kier alpha value is -1.37. The van der Waals surface area contributed by atoms with E-state index in [1.807, 2.05) is 6.07 Å². The third-order valence-corrected chi connectivity index (χ3v) is 4.01. The van der Waals surface area contributed by atoms with Crippen LogP contribution in [0.25, 0.3) is 0 Å². The fourth-order valence-electron chi connectivity index (χ4n) is 2.67. The number of rotatable bonds is 4. The second-order valence-corrected chi connectivity index (χ2v) is 7.23. The number of nitrogens with zero attached hydrogens (tertiary/aromatic N) is 3. The molecule has 7 heteroatoms. The lowest BCUT2D eigenvalue weighted by molar-refractivity contribution is -0.148. The smallest absolute Gasteiger partial charge is 0.370 e. The second kappa shape index (κ2) is 7.03. The van der Waals surface area contributed by atoms with E-state index in [9.17, 15) is 13.2 Å². The highest BCUT2D eigenvalue weighted by atomic mass is 19.4. The average molecular weight is 330 g/mol. The Morgan fingerprint density at radius 2 is 1.87 bits per heavy atom.